The van der Waals surface area contributed by atoms with Crippen LogP contribution in [0.3, 0.4) is 0 Å². The molecule has 33 heavy (non-hydrogen) atoms. The number of Topliss-reactive ketones (excluding diaryl/α,β-unsaturated/α-hetero) is 1. The molecule has 0 spiro atoms. The highest BCUT2D eigenvalue weighted by Crippen LogP contribution is 2.33. The highest BCUT2D eigenvalue weighted by atomic mass is 16.1. The number of carbonyl (C=O) groups excluding carboxylic acids is 1. The first-order valence-electron chi connectivity index (χ1n) is 11.8. The number of rotatable bonds is 8. The molecule has 1 aliphatic rings. The second kappa shape index (κ2) is 9.90. The Kier molecular flexibility index (Phi) is 6.38. The summed E-state index contributed by atoms with van der Waals surface area (Å²) in [4.78, 5) is 27.0. The molecule has 166 valence electrons. The molecule has 0 saturated heterocycles. The van der Waals surface area contributed by atoms with Gasteiger partial charge in [-0.25, -0.2) is 15.0 Å². The Hall–Kier alpha value is -3.60. The van der Waals surface area contributed by atoms with Crippen LogP contribution in [0.5, 0.6) is 0 Å². The lowest BCUT2D eigenvalue weighted by Gasteiger charge is -2.16. The van der Waals surface area contributed by atoms with Gasteiger partial charge in [-0.3, -0.25) is 4.79 Å². The second-order valence-corrected chi connectivity index (χ2v) is 8.65. The maximum atomic E-state index is 12.8. The molecule has 0 aliphatic heterocycles. The Morgan fingerprint density at radius 1 is 0.939 bits per heavy atom. The van der Waals surface area contributed by atoms with Crippen LogP contribution in [-0.4, -0.2) is 25.3 Å². The van der Waals surface area contributed by atoms with E-state index in [4.69, 9.17) is 9.97 Å². The van der Waals surface area contributed by atoms with E-state index in [0.29, 0.717) is 12.0 Å². The van der Waals surface area contributed by atoms with Gasteiger partial charge in [-0.05, 0) is 62.3 Å². The van der Waals surface area contributed by atoms with Gasteiger partial charge in [0.15, 0.2) is 5.78 Å². The van der Waals surface area contributed by atoms with Gasteiger partial charge in [0.05, 0.1) is 28.7 Å². The Labute approximate surface area is 194 Å². The van der Waals surface area contributed by atoms with Crippen LogP contribution in [0.25, 0.3) is 27.9 Å². The van der Waals surface area contributed by atoms with Crippen molar-refractivity contribution in [2.24, 2.45) is 0 Å². The highest BCUT2D eigenvalue weighted by molar-refractivity contribution is 5.99. The molecule has 4 aromatic rings. The third-order valence-corrected chi connectivity index (χ3v) is 6.26. The largest absolute Gasteiger partial charge is 0.337 e. The van der Waals surface area contributed by atoms with E-state index in [1.54, 1.807) is 6.20 Å². The van der Waals surface area contributed by atoms with Crippen molar-refractivity contribution in [3.05, 3.63) is 84.6 Å². The molecule has 2 aromatic heterocycles. The van der Waals surface area contributed by atoms with Gasteiger partial charge in [0, 0.05) is 36.5 Å². The van der Waals surface area contributed by atoms with Crippen molar-refractivity contribution >= 4 is 22.4 Å². The number of aryl methyl sites for hydroxylation is 1. The minimum atomic E-state index is 0.157. The first-order valence-corrected chi connectivity index (χ1v) is 11.8. The molecule has 0 bridgehead atoms. The predicted molar refractivity (Wildman–Crippen MR) is 132 cm³/mol. The number of allylic oxidation sites excluding steroid dienone is 2. The molecule has 1 aliphatic carbocycles. The van der Waals surface area contributed by atoms with Crippen molar-refractivity contribution in [3.63, 3.8) is 0 Å². The fraction of sp³-hybridized carbons (Fsp3) is 0.286. The number of hydrogen-bond acceptors (Lipinski definition) is 4. The Morgan fingerprint density at radius 3 is 2.61 bits per heavy atom. The molecule has 5 rings (SSSR count). The van der Waals surface area contributed by atoms with Crippen molar-refractivity contribution in [2.45, 2.75) is 51.5 Å². The van der Waals surface area contributed by atoms with Gasteiger partial charge in [0.25, 0.3) is 0 Å². The summed E-state index contributed by atoms with van der Waals surface area (Å²) in [5.74, 6) is 0.157. The summed E-state index contributed by atoms with van der Waals surface area (Å²) in [6, 6.07) is 16.0. The van der Waals surface area contributed by atoms with Crippen LogP contribution in [-0.2, 0) is 6.54 Å². The lowest BCUT2D eigenvalue weighted by molar-refractivity contribution is 0.0979. The number of imidazole rings is 1. The van der Waals surface area contributed by atoms with Gasteiger partial charge >= 0.3 is 0 Å². The van der Waals surface area contributed by atoms with Crippen LogP contribution < -0.4 is 0 Å². The molecule has 5 nitrogen and oxygen atoms in total. The van der Waals surface area contributed by atoms with E-state index in [1.807, 2.05) is 53.5 Å². The normalized spacial score (nSPS) is 13.8. The maximum Gasteiger partial charge on any atom is 0.162 e. The van der Waals surface area contributed by atoms with E-state index in [2.05, 4.69) is 23.2 Å². The average molecular weight is 437 g/mol. The predicted octanol–water partition coefficient (Wildman–Crippen LogP) is 6.50. The number of hydrogen-bond donors (Lipinski definition) is 0. The third kappa shape index (κ3) is 4.92. The number of carbonyl (C=O) groups is 1. The fourth-order valence-corrected chi connectivity index (χ4v) is 4.45. The molecule has 2 heterocycles. The molecular weight excluding hydrogens is 408 g/mol. The van der Waals surface area contributed by atoms with Gasteiger partial charge in [0.2, 0.25) is 0 Å². The number of nitrogens with zero attached hydrogens (tertiary/aromatic N) is 4. The standard InChI is InChI=1S/C28H28N4O/c33-26(13-7-8-17-32-18-16-29-20-32)23-14-15-24-25(19-23)31-28(22-11-5-2-6-12-22)27(30-24)21-9-3-1-4-10-21/h2,5-6,9,11-12,14-16,18-20H,1,3-4,7-8,10,13,17H2. The van der Waals surface area contributed by atoms with Crippen LogP contribution in [0.1, 0.15) is 61.0 Å². The van der Waals surface area contributed by atoms with Crippen LogP contribution in [0.2, 0.25) is 0 Å². The minimum absolute atomic E-state index is 0.157. The number of unbranched alkanes of at least 4 members (excludes halogenated alkanes) is 1. The molecule has 0 unspecified atom stereocenters. The monoisotopic (exact) mass is 436 g/mol. The molecule has 0 N–H and O–H groups in total. The molecule has 2 aromatic carbocycles. The van der Waals surface area contributed by atoms with Crippen LogP contribution in [0.4, 0.5) is 0 Å². The fourth-order valence-electron chi connectivity index (χ4n) is 4.45. The summed E-state index contributed by atoms with van der Waals surface area (Å²) >= 11 is 0. The molecular formula is C28H28N4O. The molecule has 0 fully saturated rings. The third-order valence-electron chi connectivity index (χ3n) is 6.26. The van der Waals surface area contributed by atoms with E-state index in [0.717, 1.165) is 60.2 Å². The van der Waals surface area contributed by atoms with Crippen molar-refractivity contribution in [1.29, 1.82) is 0 Å². The van der Waals surface area contributed by atoms with Gasteiger partial charge < -0.3 is 4.57 Å². The molecule has 0 saturated carbocycles. The zero-order chi connectivity index (χ0) is 22.5. The van der Waals surface area contributed by atoms with Crippen molar-refractivity contribution in [2.75, 3.05) is 0 Å². The molecule has 0 radical (unpaired) electrons. The van der Waals surface area contributed by atoms with Gasteiger partial charge in [-0.2, -0.15) is 0 Å². The smallest absolute Gasteiger partial charge is 0.162 e. The molecule has 0 atom stereocenters. The van der Waals surface area contributed by atoms with Crippen LogP contribution in [0.15, 0.2) is 73.3 Å². The molecule has 0 amide bonds. The van der Waals surface area contributed by atoms with E-state index in [9.17, 15) is 4.79 Å². The van der Waals surface area contributed by atoms with Crippen molar-refractivity contribution < 1.29 is 4.79 Å². The van der Waals surface area contributed by atoms with Gasteiger partial charge in [0.1, 0.15) is 0 Å². The average Bonchev–Trinajstić information content (AvgIpc) is 3.40. The summed E-state index contributed by atoms with van der Waals surface area (Å²) < 4.78 is 2.04. The Morgan fingerprint density at radius 2 is 1.82 bits per heavy atom. The highest BCUT2D eigenvalue weighted by Gasteiger charge is 2.17. The SMILES string of the molecule is O=C(CCCCn1ccnc1)c1ccc2nc(C3=CCCCC3)c(-c3ccccc3)nc2c1. The zero-order valence-electron chi connectivity index (χ0n) is 18.8. The second-order valence-electron chi connectivity index (χ2n) is 8.65. The Balaban J connectivity index is 1.41. The number of ketones is 1. The number of fused-ring (bicyclic) bond motifs is 1. The maximum absolute atomic E-state index is 12.8. The lowest BCUT2D eigenvalue weighted by atomic mass is 9.94. The number of benzene rings is 2. The zero-order valence-corrected chi connectivity index (χ0v) is 18.8. The number of aromatic nitrogens is 4. The van der Waals surface area contributed by atoms with E-state index < -0.39 is 0 Å². The van der Waals surface area contributed by atoms with E-state index in [-0.39, 0.29) is 5.78 Å². The quantitative estimate of drug-likeness (QED) is 0.233. The summed E-state index contributed by atoms with van der Waals surface area (Å²) in [6.07, 6.45) is 14.7. The van der Waals surface area contributed by atoms with Crippen molar-refractivity contribution in [1.82, 2.24) is 19.5 Å². The molecule has 5 heteroatoms. The summed E-state index contributed by atoms with van der Waals surface area (Å²) in [5, 5.41) is 0. The summed E-state index contributed by atoms with van der Waals surface area (Å²) in [7, 11) is 0. The lowest BCUT2D eigenvalue weighted by Crippen LogP contribution is -2.04. The summed E-state index contributed by atoms with van der Waals surface area (Å²) in [6.45, 7) is 0.884. The van der Waals surface area contributed by atoms with Crippen LogP contribution >= 0.6 is 0 Å². The van der Waals surface area contributed by atoms with Gasteiger partial charge in [-0.15, -0.1) is 0 Å². The van der Waals surface area contributed by atoms with Crippen molar-refractivity contribution in [3.8, 4) is 11.3 Å². The minimum Gasteiger partial charge on any atom is -0.337 e. The van der Waals surface area contributed by atoms with Gasteiger partial charge in [-0.1, -0.05) is 36.4 Å². The first-order chi connectivity index (χ1) is 16.3. The van der Waals surface area contributed by atoms with E-state index in [1.165, 1.54) is 18.4 Å². The summed E-state index contributed by atoms with van der Waals surface area (Å²) in [5.41, 5.74) is 6.56. The Bertz CT molecular complexity index is 1280. The van der Waals surface area contributed by atoms with E-state index >= 15 is 0 Å². The first kappa shape index (κ1) is 21.3. The van der Waals surface area contributed by atoms with Crippen LogP contribution in [0, 0.1) is 0 Å². The topological polar surface area (TPSA) is 60.7 Å².